The summed E-state index contributed by atoms with van der Waals surface area (Å²) in [7, 11) is 1.12. The average Bonchev–Trinajstić information content (AvgIpc) is 3.56. The van der Waals surface area contributed by atoms with Crippen molar-refractivity contribution in [1.82, 2.24) is 5.01 Å². The maximum absolute atomic E-state index is 15.5. The van der Waals surface area contributed by atoms with Gasteiger partial charge >= 0.3 is 7.12 Å². The summed E-state index contributed by atoms with van der Waals surface area (Å²) in [6, 6.07) is 22.1. The van der Waals surface area contributed by atoms with Crippen LogP contribution < -0.4 is 25.3 Å². The highest BCUT2D eigenvalue weighted by atomic mass is 35.5. The highest BCUT2D eigenvalue weighted by Gasteiger charge is 2.71. The molecule has 0 radical (unpaired) electrons. The number of anilines is 2. The Morgan fingerprint density at radius 1 is 0.855 bits per heavy atom. The van der Waals surface area contributed by atoms with Crippen LogP contribution in [0.2, 0.25) is 10.0 Å². The average molecular weight is 782 g/mol. The first kappa shape index (κ1) is 36.6. The van der Waals surface area contributed by atoms with Gasteiger partial charge in [0.05, 0.1) is 53.8 Å². The fourth-order valence-electron chi connectivity index (χ4n) is 9.24. The van der Waals surface area contributed by atoms with Crippen molar-refractivity contribution >= 4 is 70.8 Å². The quantitative estimate of drug-likeness (QED) is 0.113. The van der Waals surface area contributed by atoms with Crippen LogP contribution in [0.4, 0.5) is 11.4 Å². The van der Waals surface area contributed by atoms with E-state index in [0.29, 0.717) is 21.9 Å². The van der Waals surface area contributed by atoms with Crippen molar-refractivity contribution in [2.45, 2.75) is 24.2 Å². The second kappa shape index (κ2) is 13.8. The second-order valence-electron chi connectivity index (χ2n) is 14.1. The molecule has 4 N–H and O–H groups in total. The van der Waals surface area contributed by atoms with E-state index in [1.807, 2.05) is 6.08 Å². The lowest BCUT2D eigenvalue weighted by atomic mass is 9.49. The molecule has 0 spiro atoms. The van der Waals surface area contributed by atoms with E-state index in [-0.39, 0.29) is 51.8 Å². The van der Waals surface area contributed by atoms with Crippen molar-refractivity contribution in [2.75, 3.05) is 24.5 Å². The van der Waals surface area contributed by atoms with Crippen molar-refractivity contribution in [1.29, 1.82) is 0 Å². The van der Waals surface area contributed by atoms with Crippen LogP contribution in [0.3, 0.4) is 0 Å². The van der Waals surface area contributed by atoms with Gasteiger partial charge in [-0.1, -0.05) is 65.2 Å². The number of ether oxygens (including phenoxy) is 2. The van der Waals surface area contributed by atoms with Gasteiger partial charge in [-0.15, -0.1) is 0 Å². The Labute approximate surface area is 326 Å². The van der Waals surface area contributed by atoms with Crippen molar-refractivity contribution in [3.63, 3.8) is 0 Å². The van der Waals surface area contributed by atoms with E-state index in [9.17, 15) is 29.5 Å². The number of benzene rings is 4. The minimum Gasteiger partial charge on any atom is -0.508 e. The van der Waals surface area contributed by atoms with Gasteiger partial charge in [0.25, 0.3) is 11.8 Å². The number of halogens is 2. The Bertz CT molecular complexity index is 2300. The summed E-state index contributed by atoms with van der Waals surface area (Å²) in [5.41, 5.74) is 3.05. The van der Waals surface area contributed by atoms with Crippen LogP contribution in [0.5, 0.6) is 17.2 Å². The minimum absolute atomic E-state index is 0.00913. The normalized spacial score (nSPS) is 25.6. The summed E-state index contributed by atoms with van der Waals surface area (Å²) >= 11 is 12.7. The number of phenols is 1. The standard InChI is InChI=1S/C40H34BCl2N3O9/c1-54-24-12-9-20(10-13-24)40-28(37(49)46(39(40)51)44-30-16-11-22(42)18-29(30)43)19-27-25(35(40)34-31(47)7-4-8-32(34)55-2)14-15-26-33(27)38(50)45(36(26)48)23-6-3-5-21(17-23)41(52)53/h3-14,16-18,26-28,33,35,44,47,52-53H,15,19H2,1-2H3/t26-,27+,28-,33-,35+,40+/m0/s1. The number of phenolic OH excluding ortho intramolecular Hbond substituents is 1. The van der Waals surface area contributed by atoms with Gasteiger partial charge in [0, 0.05) is 16.5 Å². The highest BCUT2D eigenvalue weighted by molar-refractivity contribution is 6.58. The molecule has 4 aromatic rings. The molecule has 0 bridgehead atoms. The Kier molecular flexibility index (Phi) is 9.16. The number of hydrogen-bond acceptors (Lipinski definition) is 10. The molecule has 2 saturated heterocycles. The number of rotatable bonds is 8. The minimum atomic E-state index is -1.83. The van der Waals surface area contributed by atoms with Gasteiger partial charge in [0.15, 0.2) is 0 Å². The molecule has 15 heteroatoms. The van der Waals surface area contributed by atoms with Crippen molar-refractivity contribution in [3.8, 4) is 17.2 Å². The SMILES string of the molecule is COc1ccc([C@@]23C(=O)N(Nc4ccc(Cl)cc4Cl)C(=O)[C@@H]2C[C@@H]2C(=CC[C@@H]4C(=O)N(c5cccc(B(O)O)c5)C(=O)[C@@H]42)[C@@H]3c2c(O)cccc2OC)cc1. The zero-order valence-corrected chi connectivity index (χ0v) is 31.0. The van der Waals surface area contributed by atoms with E-state index in [0.717, 1.165) is 9.91 Å². The number of allylic oxidation sites excluding steroid dienone is 2. The maximum atomic E-state index is 15.5. The smallest absolute Gasteiger partial charge is 0.488 e. The molecule has 4 aromatic carbocycles. The number of aromatic hydroxyl groups is 1. The molecule has 6 atom stereocenters. The number of hydrazine groups is 1. The Hall–Kier alpha value is -5.34. The van der Waals surface area contributed by atoms with Crippen molar-refractivity contribution in [3.05, 3.63) is 118 Å². The predicted molar refractivity (Wildman–Crippen MR) is 204 cm³/mol. The summed E-state index contributed by atoms with van der Waals surface area (Å²) in [5.74, 6) is -6.36. The fraction of sp³-hybridized carbons (Fsp3) is 0.250. The second-order valence-corrected chi connectivity index (χ2v) is 14.9. The molecule has 2 heterocycles. The first-order chi connectivity index (χ1) is 26.4. The zero-order valence-electron chi connectivity index (χ0n) is 29.5. The number of amides is 4. The number of nitrogens with one attached hydrogen (secondary N) is 1. The third kappa shape index (κ3) is 5.51. The summed E-state index contributed by atoms with van der Waals surface area (Å²) in [6.07, 6.45) is 1.97. The van der Waals surface area contributed by atoms with Crippen LogP contribution in [0.15, 0.2) is 96.6 Å². The maximum Gasteiger partial charge on any atom is 0.488 e. The molecule has 4 amide bonds. The van der Waals surface area contributed by atoms with Gasteiger partial charge in [0.2, 0.25) is 11.8 Å². The van der Waals surface area contributed by atoms with Crippen LogP contribution in [-0.2, 0) is 24.6 Å². The highest BCUT2D eigenvalue weighted by Crippen LogP contribution is 2.66. The van der Waals surface area contributed by atoms with Crippen molar-refractivity contribution in [2.24, 2.45) is 23.7 Å². The Morgan fingerprint density at radius 2 is 1.60 bits per heavy atom. The van der Waals surface area contributed by atoms with E-state index in [1.54, 1.807) is 54.6 Å². The lowest BCUT2D eigenvalue weighted by molar-refractivity contribution is -0.138. The van der Waals surface area contributed by atoms with Crippen LogP contribution in [-0.4, -0.2) is 65.1 Å². The van der Waals surface area contributed by atoms with Gasteiger partial charge in [-0.3, -0.25) is 29.5 Å². The van der Waals surface area contributed by atoms with E-state index >= 15 is 4.79 Å². The number of fused-ring (bicyclic) bond motifs is 4. The third-order valence-corrected chi connectivity index (χ3v) is 12.1. The van der Waals surface area contributed by atoms with E-state index in [4.69, 9.17) is 32.7 Å². The summed E-state index contributed by atoms with van der Waals surface area (Å²) in [6.45, 7) is 0. The number of imide groups is 2. The molecule has 280 valence electrons. The molecule has 8 rings (SSSR count). The molecule has 0 unspecified atom stereocenters. The van der Waals surface area contributed by atoms with Gasteiger partial charge in [-0.2, -0.15) is 5.01 Å². The van der Waals surface area contributed by atoms with Gasteiger partial charge < -0.3 is 24.6 Å². The lowest BCUT2D eigenvalue weighted by Crippen LogP contribution is -2.53. The number of nitrogens with zero attached hydrogens (tertiary/aromatic N) is 2. The first-order valence-electron chi connectivity index (χ1n) is 17.6. The summed E-state index contributed by atoms with van der Waals surface area (Å²) in [5, 5.41) is 32.9. The van der Waals surface area contributed by atoms with Crippen LogP contribution in [0.1, 0.15) is 29.9 Å². The molecule has 4 aliphatic rings. The number of hydrogen-bond donors (Lipinski definition) is 4. The number of methoxy groups -OCH3 is 2. The molecule has 2 aliphatic carbocycles. The van der Waals surface area contributed by atoms with Gasteiger partial charge in [-0.05, 0) is 84.4 Å². The molecule has 55 heavy (non-hydrogen) atoms. The zero-order chi connectivity index (χ0) is 38.9. The topological polar surface area (TPSA) is 166 Å². The Balaban J connectivity index is 1.34. The molecule has 3 fully saturated rings. The molecule has 1 saturated carbocycles. The number of carbonyl (C=O) groups is 4. The largest absolute Gasteiger partial charge is 0.508 e. The van der Waals surface area contributed by atoms with Crippen LogP contribution in [0, 0.1) is 23.7 Å². The van der Waals surface area contributed by atoms with Crippen LogP contribution >= 0.6 is 23.2 Å². The summed E-state index contributed by atoms with van der Waals surface area (Å²) < 4.78 is 11.3. The van der Waals surface area contributed by atoms with Crippen LogP contribution in [0.25, 0.3) is 0 Å². The molecule has 0 aromatic heterocycles. The molecular formula is C40H34BCl2N3O9. The summed E-state index contributed by atoms with van der Waals surface area (Å²) in [4.78, 5) is 60.3. The fourth-order valence-corrected chi connectivity index (χ4v) is 9.69. The number of carbonyl (C=O) groups excluding carboxylic acids is 4. The first-order valence-corrected chi connectivity index (χ1v) is 18.3. The molecule has 2 aliphatic heterocycles. The lowest BCUT2D eigenvalue weighted by Gasteiger charge is -2.50. The van der Waals surface area contributed by atoms with E-state index in [1.165, 1.54) is 44.6 Å². The van der Waals surface area contributed by atoms with E-state index < -0.39 is 65.8 Å². The third-order valence-electron chi connectivity index (χ3n) is 11.6. The molecular weight excluding hydrogens is 748 g/mol. The predicted octanol–water partition coefficient (Wildman–Crippen LogP) is 4.59. The monoisotopic (exact) mass is 781 g/mol. The molecule has 12 nitrogen and oxygen atoms in total. The van der Waals surface area contributed by atoms with E-state index in [2.05, 4.69) is 5.43 Å². The van der Waals surface area contributed by atoms with Crippen molar-refractivity contribution < 1.29 is 43.8 Å². The Morgan fingerprint density at radius 3 is 2.29 bits per heavy atom. The van der Waals surface area contributed by atoms with Gasteiger partial charge in [0.1, 0.15) is 17.2 Å². The van der Waals surface area contributed by atoms with Gasteiger partial charge in [-0.25, -0.2) is 0 Å².